The van der Waals surface area contributed by atoms with Crippen molar-refractivity contribution in [2.45, 2.75) is 43.8 Å². The molecule has 0 unspecified atom stereocenters. The van der Waals surface area contributed by atoms with E-state index in [2.05, 4.69) is 5.32 Å². The van der Waals surface area contributed by atoms with Gasteiger partial charge in [0.15, 0.2) is 0 Å². The van der Waals surface area contributed by atoms with Crippen LogP contribution in [0.5, 0.6) is 0 Å². The number of hydrogen-bond donors (Lipinski definition) is 2. The molecule has 0 atom stereocenters. The second kappa shape index (κ2) is 9.71. The molecule has 4 nitrogen and oxygen atoms in total. The van der Waals surface area contributed by atoms with Crippen LogP contribution in [0, 0.1) is 0 Å². The van der Waals surface area contributed by atoms with Crippen molar-refractivity contribution in [1.29, 1.82) is 0 Å². The Labute approximate surface area is 135 Å². The lowest BCUT2D eigenvalue weighted by Crippen LogP contribution is -2.52. The average Bonchev–Trinajstić information content (AvgIpc) is 2.70. The summed E-state index contributed by atoms with van der Waals surface area (Å²) in [4.78, 5) is 13.0. The molecule has 1 amide bonds. The second-order valence-electron chi connectivity index (χ2n) is 5.33. The lowest BCUT2D eigenvalue weighted by molar-refractivity contribution is -0.143. The Bertz CT molecular complexity index is 311. The highest BCUT2D eigenvalue weighted by molar-refractivity contribution is 5.86. The number of carbonyl (C=O) groups excluding carboxylic acids is 1. The molecule has 0 bridgehead atoms. The zero-order chi connectivity index (χ0) is 14.5. The van der Waals surface area contributed by atoms with E-state index in [0.29, 0.717) is 25.8 Å². The Hall–Kier alpha value is -0.240. The molecule has 9 heteroatoms. The molecule has 0 spiro atoms. The standard InChI is InChI=1S/C12H22F3N3O.2ClH/c1-18(9-12(13,14)15)8-4-7-17-10(19)11(16)5-2-3-6-11;;/h2-9,16H2,1H3,(H,17,19);2*1H. The van der Waals surface area contributed by atoms with Crippen molar-refractivity contribution in [3.63, 3.8) is 0 Å². The van der Waals surface area contributed by atoms with Gasteiger partial charge in [0.1, 0.15) is 0 Å². The first-order valence-electron chi connectivity index (χ1n) is 6.55. The predicted octanol–water partition coefficient (Wildman–Crippen LogP) is 2.10. The van der Waals surface area contributed by atoms with Crippen LogP contribution in [0.2, 0.25) is 0 Å². The van der Waals surface area contributed by atoms with Crippen LogP contribution in [0.25, 0.3) is 0 Å². The van der Waals surface area contributed by atoms with E-state index in [1.807, 2.05) is 0 Å². The van der Waals surface area contributed by atoms with Crippen molar-refractivity contribution in [3.8, 4) is 0 Å². The third kappa shape index (κ3) is 8.70. The summed E-state index contributed by atoms with van der Waals surface area (Å²) in [6, 6.07) is 0. The van der Waals surface area contributed by atoms with Crippen LogP contribution in [0.1, 0.15) is 32.1 Å². The smallest absolute Gasteiger partial charge is 0.354 e. The molecule has 1 fully saturated rings. The van der Waals surface area contributed by atoms with Crippen LogP contribution in [0.15, 0.2) is 0 Å². The summed E-state index contributed by atoms with van der Waals surface area (Å²) in [6.45, 7) is -0.279. The summed E-state index contributed by atoms with van der Waals surface area (Å²) in [5, 5.41) is 2.71. The molecule has 1 aliphatic rings. The quantitative estimate of drug-likeness (QED) is 0.719. The summed E-state index contributed by atoms with van der Waals surface area (Å²) in [5.74, 6) is -0.177. The molecule has 0 radical (unpaired) electrons. The number of nitrogens with two attached hydrogens (primary N) is 1. The number of hydrogen-bond acceptors (Lipinski definition) is 3. The largest absolute Gasteiger partial charge is 0.401 e. The van der Waals surface area contributed by atoms with E-state index in [1.54, 1.807) is 0 Å². The summed E-state index contributed by atoms with van der Waals surface area (Å²) in [7, 11) is 1.41. The monoisotopic (exact) mass is 353 g/mol. The van der Waals surface area contributed by atoms with Gasteiger partial charge in [0.05, 0.1) is 12.1 Å². The highest BCUT2D eigenvalue weighted by atomic mass is 35.5. The van der Waals surface area contributed by atoms with E-state index >= 15 is 0 Å². The Morgan fingerprint density at radius 1 is 1.29 bits per heavy atom. The fourth-order valence-electron chi connectivity index (χ4n) is 2.35. The lowest BCUT2D eigenvalue weighted by Gasteiger charge is -2.23. The van der Waals surface area contributed by atoms with Crippen LogP contribution in [-0.4, -0.2) is 49.2 Å². The van der Waals surface area contributed by atoms with Gasteiger partial charge in [0, 0.05) is 6.54 Å². The minimum atomic E-state index is -4.18. The van der Waals surface area contributed by atoms with E-state index in [1.165, 1.54) is 11.9 Å². The van der Waals surface area contributed by atoms with Crippen molar-refractivity contribution in [3.05, 3.63) is 0 Å². The number of carbonyl (C=O) groups is 1. The Morgan fingerprint density at radius 2 is 1.81 bits per heavy atom. The Kier molecular flexibility index (Phi) is 10.7. The molecule has 0 aliphatic heterocycles. The number of amides is 1. The van der Waals surface area contributed by atoms with E-state index in [0.717, 1.165) is 12.8 Å². The van der Waals surface area contributed by atoms with Gasteiger partial charge in [0.25, 0.3) is 0 Å². The van der Waals surface area contributed by atoms with Gasteiger partial charge in [-0.3, -0.25) is 9.69 Å². The number of nitrogens with one attached hydrogen (secondary N) is 1. The molecular formula is C12H24Cl2F3N3O. The molecule has 1 saturated carbocycles. The summed E-state index contributed by atoms with van der Waals surface area (Å²) in [5.41, 5.74) is 5.19. The first-order valence-corrected chi connectivity index (χ1v) is 6.55. The zero-order valence-corrected chi connectivity index (χ0v) is 13.7. The highest BCUT2D eigenvalue weighted by Gasteiger charge is 2.36. The molecule has 0 aromatic heterocycles. The number of nitrogens with zero attached hydrogens (tertiary/aromatic N) is 1. The summed E-state index contributed by atoms with van der Waals surface area (Å²) >= 11 is 0. The molecule has 21 heavy (non-hydrogen) atoms. The maximum absolute atomic E-state index is 12.1. The van der Waals surface area contributed by atoms with Gasteiger partial charge < -0.3 is 11.1 Å². The molecule has 1 aliphatic carbocycles. The average molecular weight is 354 g/mol. The number of rotatable bonds is 6. The van der Waals surface area contributed by atoms with Gasteiger partial charge >= 0.3 is 6.18 Å². The Morgan fingerprint density at radius 3 is 2.29 bits per heavy atom. The summed E-state index contributed by atoms with van der Waals surface area (Å²) in [6.07, 6.45) is -0.409. The van der Waals surface area contributed by atoms with Gasteiger partial charge in [-0.1, -0.05) is 12.8 Å². The van der Waals surface area contributed by atoms with Crippen LogP contribution in [0.3, 0.4) is 0 Å². The molecule has 0 aromatic carbocycles. The molecule has 1 rings (SSSR count). The highest BCUT2D eigenvalue weighted by Crippen LogP contribution is 2.27. The van der Waals surface area contributed by atoms with Gasteiger partial charge in [-0.25, -0.2) is 0 Å². The SMILES string of the molecule is CN(CCCNC(=O)C1(N)CCCC1)CC(F)(F)F.Cl.Cl. The number of alkyl halides is 3. The first kappa shape index (κ1) is 23.0. The number of halogens is 5. The van der Waals surface area contributed by atoms with Crippen LogP contribution in [-0.2, 0) is 4.79 Å². The predicted molar refractivity (Wildman–Crippen MR) is 81.1 cm³/mol. The summed E-state index contributed by atoms with van der Waals surface area (Å²) < 4.78 is 36.2. The third-order valence-corrected chi connectivity index (χ3v) is 3.40. The van der Waals surface area contributed by atoms with Crippen molar-refractivity contribution in [2.24, 2.45) is 5.73 Å². The van der Waals surface area contributed by atoms with E-state index < -0.39 is 18.3 Å². The van der Waals surface area contributed by atoms with Crippen molar-refractivity contribution in [1.82, 2.24) is 10.2 Å². The fourth-order valence-corrected chi connectivity index (χ4v) is 2.35. The maximum atomic E-state index is 12.1. The topological polar surface area (TPSA) is 58.4 Å². The van der Waals surface area contributed by atoms with Crippen molar-refractivity contribution >= 4 is 30.7 Å². The zero-order valence-electron chi connectivity index (χ0n) is 12.0. The third-order valence-electron chi connectivity index (χ3n) is 3.40. The van der Waals surface area contributed by atoms with Crippen LogP contribution < -0.4 is 11.1 Å². The van der Waals surface area contributed by atoms with E-state index in [4.69, 9.17) is 5.73 Å². The van der Waals surface area contributed by atoms with E-state index in [-0.39, 0.29) is 37.3 Å². The molecular weight excluding hydrogens is 330 g/mol. The molecule has 0 saturated heterocycles. The van der Waals surface area contributed by atoms with Crippen molar-refractivity contribution in [2.75, 3.05) is 26.7 Å². The van der Waals surface area contributed by atoms with Gasteiger partial charge in [-0.2, -0.15) is 13.2 Å². The molecule has 128 valence electrons. The van der Waals surface area contributed by atoms with Gasteiger partial charge in [-0.05, 0) is 32.9 Å². The van der Waals surface area contributed by atoms with Crippen LogP contribution in [0.4, 0.5) is 13.2 Å². The molecule has 3 N–H and O–H groups in total. The fraction of sp³-hybridized carbons (Fsp3) is 0.917. The molecule has 0 aromatic rings. The normalized spacial score (nSPS) is 17.0. The maximum Gasteiger partial charge on any atom is 0.401 e. The van der Waals surface area contributed by atoms with Gasteiger partial charge in [0.2, 0.25) is 5.91 Å². The Balaban J connectivity index is 0. The first-order chi connectivity index (χ1) is 8.73. The molecule has 0 heterocycles. The van der Waals surface area contributed by atoms with Crippen molar-refractivity contribution < 1.29 is 18.0 Å². The minimum Gasteiger partial charge on any atom is -0.354 e. The second-order valence-corrected chi connectivity index (χ2v) is 5.33. The van der Waals surface area contributed by atoms with Crippen LogP contribution >= 0.6 is 24.8 Å². The van der Waals surface area contributed by atoms with Gasteiger partial charge in [-0.15, -0.1) is 24.8 Å². The minimum absolute atomic E-state index is 0. The van der Waals surface area contributed by atoms with E-state index in [9.17, 15) is 18.0 Å². The lowest BCUT2D eigenvalue weighted by atomic mass is 9.98.